The van der Waals surface area contributed by atoms with Crippen molar-refractivity contribution in [1.29, 1.82) is 4.78 Å². The highest BCUT2D eigenvalue weighted by molar-refractivity contribution is 7.89. The van der Waals surface area contributed by atoms with Gasteiger partial charge in [-0.3, -0.25) is 0 Å². The molecule has 2 atom stereocenters. The number of nitrogens with one attached hydrogen (secondary N) is 2. The Morgan fingerprint density at radius 1 is 1.29 bits per heavy atom. The minimum atomic E-state index is -2.65. The first-order valence-corrected chi connectivity index (χ1v) is 12.8. The van der Waals surface area contributed by atoms with Crippen molar-refractivity contribution >= 4 is 38.2 Å². The first-order valence-electron chi connectivity index (χ1n) is 10.5. The number of H-pyrrole nitrogens is 1. The van der Waals surface area contributed by atoms with Crippen molar-refractivity contribution in [1.82, 2.24) is 24.2 Å². The van der Waals surface area contributed by atoms with E-state index in [0.29, 0.717) is 24.2 Å². The van der Waals surface area contributed by atoms with Crippen LogP contribution in [0.4, 0.5) is 5.69 Å². The molecule has 1 fully saturated rings. The average Bonchev–Trinajstić information content (AvgIpc) is 3.20. The first kappa shape index (κ1) is 20.7. The van der Waals surface area contributed by atoms with Gasteiger partial charge in [-0.25, -0.2) is 28.2 Å². The van der Waals surface area contributed by atoms with E-state index in [1.54, 1.807) is 10.6 Å². The van der Waals surface area contributed by atoms with Crippen LogP contribution in [0.5, 0.6) is 0 Å². The van der Waals surface area contributed by atoms with E-state index in [2.05, 4.69) is 26.8 Å². The van der Waals surface area contributed by atoms with Crippen LogP contribution in [0.25, 0.3) is 11.0 Å². The molecule has 1 saturated heterocycles. The summed E-state index contributed by atoms with van der Waals surface area (Å²) in [5.41, 5.74) is 5.26. The number of nitrogens with zero attached hydrogens (tertiary/aromatic N) is 5. The van der Waals surface area contributed by atoms with Crippen LogP contribution in [-0.4, -0.2) is 53.8 Å². The van der Waals surface area contributed by atoms with Crippen molar-refractivity contribution in [2.24, 2.45) is 0 Å². The number of pyridine rings is 1. The fourth-order valence-electron chi connectivity index (χ4n) is 4.91. The molecule has 2 aliphatic rings. The minimum absolute atomic E-state index is 0.266. The Bertz CT molecular complexity index is 1230. The second kappa shape index (κ2) is 7.72. The summed E-state index contributed by atoms with van der Waals surface area (Å²) >= 11 is 6.33. The summed E-state index contributed by atoms with van der Waals surface area (Å²) < 4.78 is 21.8. The fraction of sp³-hybridized carbons (Fsp3) is 0.476. The molecule has 164 valence electrons. The number of aromatic amines is 1. The Labute approximate surface area is 187 Å². The number of fused-ring (bicyclic) bond motifs is 2. The topological polar surface area (TPSA) is 102 Å². The molecule has 10 heteroatoms. The molecule has 3 aromatic rings. The second-order valence-electron chi connectivity index (χ2n) is 8.58. The molecule has 0 bridgehead atoms. The van der Waals surface area contributed by atoms with Gasteiger partial charge in [0.2, 0.25) is 0 Å². The molecule has 3 aromatic heterocycles. The Morgan fingerprint density at radius 3 is 2.81 bits per heavy atom. The minimum Gasteiger partial charge on any atom is -0.363 e. The monoisotopic (exact) mass is 459 g/mol. The zero-order valence-electron chi connectivity index (χ0n) is 17.6. The van der Waals surface area contributed by atoms with Gasteiger partial charge >= 0.3 is 0 Å². The van der Waals surface area contributed by atoms with Gasteiger partial charge in [-0.05, 0) is 31.9 Å². The van der Waals surface area contributed by atoms with Crippen LogP contribution in [0, 0.1) is 4.78 Å². The highest BCUT2D eigenvalue weighted by Gasteiger charge is 2.32. The third-order valence-corrected chi connectivity index (χ3v) is 8.08. The lowest BCUT2D eigenvalue weighted by Crippen LogP contribution is -2.41. The van der Waals surface area contributed by atoms with Crippen LogP contribution in [-0.2, 0) is 22.9 Å². The SMILES string of the molecule is C[C@@H]1Cc2ncnc(C3CCN(S(C)(=N)=O)CC3)c2CN1c1cc(Cl)nc2[nH]ccc12. The van der Waals surface area contributed by atoms with Gasteiger partial charge in [0.15, 0.2) is 0 Å². The lowest BCUT2D eigenvalue weighted by atomic mass is 9.87. The number of halogens is 1. The van der Waals surface area contributed by atoms with Crippen molar-refractivity contribution in [3.05, 3.63) is 46.8 Å². The summed E-state index contributed by atoms with van der Waals surface area (Å²) in [7, 11) is -2.65. The number of hydrogen-bond acceptors (Lipinski definition) is 6. The van der Waals surface area contributed by atoms with Crippen LogP contribution in [0.1, 0.15) is 42.6 Å². The van der Waals surface area contributed by atoms with Crippen LogP contribution in [0.15, 0.2) is 24.7 Å². The zero-order valence-corrected chi connectivity index (χ0v) is 19.2. The van der Waals surface area contributed by atoms with Gasteiger partial charge in [0, 0.05) is 61.4 Å². The van der Waals surface area contributed by atoms with E-state index >= 15 is 0 Å². The van der Waals surface area contributed by atoms with Crippen LogP contribution >= 0.6 is 11.6 Å². The van der Waals surface area contributed by atoms with Crippen molar-refractivity contribution in [3.63, 3.8) is 0 Å². The smallest absolute Gasteiger partial charge is 0.141 e. The normalized spacial score (nSPS) is 22.4. The van der Waals surface area contributed by atoms with E-state index in [1.165, 1.54) is 11.8 Å². The maximum absolute atomic E-state index is 12.1. The Hall–Kier alpha value is -2.23. The van der Waals surface area contributed by atoms with E-state index < -0.39 is 9.92 Å². The first-order chi connectivity index (χ1) is 14.8. The second-order valence-corrected chi connectivity index (χ2v) is 11.1. The van der Waals surface area contributed by atoms with E-state index in [0.717, 1.165) is 53.9 Å². The molecule has 0 spiro atoms. The van der Waals surface area contributed by atoms with E-state index in [4.69, 9.17) is 21.4 Å². The van der Waals surface area contributed by atoms with E-state index in [9.17, 15) is 4.21 Å². The molecular weight excluding hydrogens is 434 g/mol. The highest BCUT2D eigenvalue weighted by atomic mass is 35.5. The molecule has 0 aliphatic carbocycles. The van der Waals surface area contributed by atoms with Crippen LogP contribution in [0.3, 0.4) is 0 Å². The van der Waals surface area contributed by atoms with Gasteiger partial charge in [0.1, 0.15) is 27.0 Å². The quantitative estimate of drug-likeness (QED) is 0.581. The van der Waals surface area contributed by atoms with Crippen molar-refractivity contribution < 1.29 is 4.21 Å². The van der Waals surface area contributed by atoms with E-state index in [1.807, 2.05) is 18.3 Å². The lowest BCUT2D eigenvalue weighted by molar-refractivity contribution is 0.326. The van der Waals surface area contributed by atoms with Gasteiger partial charge in [0.05, 0.1) is 17.1 Å². The molecule has 0 saturated carbocycles. The third kappa shape index (κ3) is 3.79. The summed E-state index contributed by atoms with van der Waals surface area (Å²) in [5, 5.41) is 1.53. The number of aromatic nitrogens is 4. The van der Waals surface area contributed by atoms with Gasteiger partial charge in [-0.15, -0.1) is 0 Å². The molecule has 8 nitrogen and oxygen atoms in total. The Kier molecular flexibility index (Phi) is 5.15. The fourth-order valence-corrected chi connectivity index (χ4v) is 6.00. The Morgan fingerprint density at radius 2 is 2.06 bits per heavy atom. The lowest BCUT2D eigenvalue weighted by Gasteiger charge is -2.38. The predicted molar refractivity (Wildman–Crippen MR) is 123 cm³/mol. The molecular formula is C21H26ClN7OS. The number of hydrogen-bond donors (Lipinski definition) is 2. The molecule has 1 unspecified atom stereocenters. The molecule has 0 aromatic carbocycles. The summed E-state index contributed by atoms with van der Waals surface area (Å²) in [6.07, 6.45) is 7.62. The van der Waals surface area contributed by atoms with Gasteiger partial charge in [0.25, 0.3) is 0 Å². The summed E-state index contributed by atoms with van der Waals surface area (Å²) in [5.74, 6) is 0.290. The third-order valence-electron chi connectivity index (χ3n) is 6.54. The maximum atomic E-state index is 12.1. The standard InChI is InChI=1S/C21H26ClN7OS/c1-13-9-17-16(11-29(13)18-10-19(22)27-21-15(18)3-6-24-21)20(26-12-25-17)14-4-7-28(8-5-14)31(2,23)30/h3,6,10,12-14,23H,4-5,7-9,11H2,1-2H3,(H,24,27)/t13-,31?/m1/s1. The summed E-state index contributed by atoms with van der Waals surface area (Å²) in [4.78, 5) is 19.2. The van der Waals surface area contributed by atoms with Crippen molar-refractivity contribution in [2.45, 2.75) is 44.7 Å². The van der Waals surface area contributed by atoms with Crippen LogP contribution in [0.2, 0.25) is 5.15 Å². The van der Waals surface area contributed by atoms with Gasteiger partial charge in [-0.1, -0.05) is 11.6 Å². The Balaban J connectivity index is 1.48. The van der Waals surface area contributed by atoms with Crippen LogP contribution < -0.4 is 4.90 Å². The van der Waals surface area contributed by atoms with Gasteiger partial charge < -0.3 is 9.88 Å². The highest BCUT2D eigenvalue weighted by Crippen LogP contribution is 2.37. The molecule has 5 heterocycles. The molecule has 5 rings (SSSR count). The van der Waals surface area contributed by atoms with Crippen molar-refractivity contribution in [2.75, 3.05) is 24.2 Å². The predicted octanol–water partition coefficient (Wildman–Crippen LogP) is 3.73. The average molecular weight is 460 g/mol. The molecule has 2 N–H and O–H groups in total. The summed E-state index contributed by atoms with van der Waals surface area (Å²) in [6, 6.07) is 4.24. The summed E-state index contributed by atoms with van der Waals surface area (Å²) in [6.45, 7) is 4.25. The number of anilines is 1. The molecule has 31 heavy (non-hydrogen) atoms. The molecule has 2 aliphatic heterocycles. The largest absolute Gasteiger partial charge is 0.363 e. The zero-order chi connectivity index (χ0) is 21.8. The maximum Gasteiger partial charge on any atom is 0.141 e. The molecule has 0 amide bonds. The van der Waals surface area contributed by atoms with E-state index in [-0.39, 0.29) is 6.04 Å². The number of piperidine rings is 1. The number of rotatable bonds is 3. The van der Waals surface area contributed by atoms with Crippen molar-refractivity contribution in [3.8, 4) is 0 Å². The van der Waals surface area contributed by atoms with Gasteiger partial charge in [-0.2, -0.15) is 0 Å². The molecule has 0 radical (unpaired) electrons.